The van der Waals surface area contributed by atoms with Gasteiger partial charge in [0.1, 0.15) is 11.4 Å². The van der Waals surface area contributed by atoms with Crippen LogP contribution in [0.4, 0.5) is 0 Å². The second kappa shape index (κ2) is 4.52. The molecule has 19 heavy (non-hydrogen) atoms. The number of oxime groups is 1. The summed E-state index contributed by atoms with van der Waals surface area (Å²) in [5.74, 6) is -1.03. The summed E-state index contributed by atoms with van der Waals surface area (Å²) in [5.41, 5.74) is 1.84. The first-order valence-corrected chi connectivity index (χ1v) is 5.67. The minimum atomic E-state index is -1.03. The number of carbonyl (C=O) groups is 1. The minimum Gasteiger partial charge on any atom is -0.478 e. The van der Waals surface area contributed by atoms with Crippen molar-refractivity contribution in [2.45, 2.75) is 12.5 Å². The van der Waals surface area contributed by atoms with Crippen molar-refractivity contribution >= 4 is 11.7 Å². The third-order valence-electron chi connectivity index (χ3n) is 2.72. The molecule has 0 bridgehead atoms. The third-order valence-corrected chi connectivity index (χ3v) is 2.72. The number of para-hydroxylation sites is 1. The average Bonchev–Trinajstić information content (AvgIpc) is 3.09. The van der Waals surface area contributed by atoms with Gasteiger partial charge in [0.15, 0.2) is 0 Å². The van der Waals surface area contributed by atoms with E-state index in [1.54, 1.807) is 6.20 Å². The van der Waals surface area contributed by atoms with Gasteiger partial charge in [-0.05, 0) is 12.1 Å². The fraction of sp³-hybridized carbons (Fsp3) is 0.167. The molecular formula is C12H10N4O3. The number of aromatic nitrogens is 3. The Morgan fingerprint density at radius 3 is 2.84 bits per heavy atom. The van der Waals surface area contributed by atoms with E-state index in [-0.39, 0.29) is 6.42 Å². The Labute approximate surface area is 108 Å². The van der Waals surface area contributed by atoms with Crippen LogP contribution in [0, 0.1) is 0 Å². The molecular weight excluding hydrogens is 248 g/mol. The highest BCUT2D eigenvalue weighted by Crippen LogP contribution is 2.15. The Hall–Kier alpha value is -2.70. The molecule has 0 saturated heterocycles. The van der Waals surface area contributed by atoms with E-state index in [0.29, 0.717) is 11.4 Å². The molecule has 1 aromatic carbocycles. The molecule has 0 spiro atoms. The van der Waals surface area contributed by atoms with Gasteiger partial charge < -0.3 is 9.94 Å². The second-order valence-electron chi connectivity index (χ2n) is 4.03. The van der Waals surface area contributed by atoms with Crippen molar-refractivity contribution in [3.05, 3.63) is 42.2 Å². The molecule has 0 aliphatic carbocycles. The summed E-state index contributed by atoms with van der Waals surface area (Å²) >= 11 is 0. The van der Waals surface area contributed by atoms with Crippen molar-refractivity contribution in [3.8, 4) is 5.69 Å². The van der Waals surface area contributed by atoms with E-state index in [1.807, 2.05) is 30.3 Å². The first-order valence-electron chi connectivity index (χ1n) is 5.67. The number of aliphatic carboxylic acids is 1. The quantitative estimate of drug-likeness (QED) is 0.881. The molecule has 1 unspecified atom stereocenters. The van der Waals surface area contributed by atoms with Gasteiger partial charge in [-0.2, -0.15) is 9.90 Å². The highest BCUT2D eigenvalue weighted by Gasteiger charge is 2.29. The van der Waals surface area contributed by atoms with Crippen molar-refractivity contribution in [2.75, 3.05) is 0 Å². The van der Waals surface area contributed by atoms with Crippen LogP contribution < -0.4 is 0 Å². The van der Waals surface area contributed by atoms with Crippen LogP contribution >= 0.6 is 0 Å². The number of nitrogens with zero attached hydrogens (tertiary/aromatic N) is 4. The first kappa shape index (κ1) is 11.4. The molecule has 0 saturated carbocycles. The van der Waals surface area contributed by atoms with Gasteiger partial charge in [0, 0.05) is 6.42 Å². The summed E-state index contributed by atoms with van der Waals surface area (Å²) in [7, 11) is 0. The molecule has 1 atom stereocenters. The van der Waals surface area contributed by atoms with Crippen LogP contribution in [0.5, 0.6) is 0 Å². The second-order valence-corrected chi connectivity index (χ2v) is 4.03. The number of hydrogen-bond acceptors (Lipinski definition) is 5. The number of rotatable bonds is 3. The van der Waals surface area contributed by atoms with Crippen LogP contribution in [-0.2, 0) is 9.63 Å². The molecule has 3 rings (SSSR count). The summed E-state index contributed by atoms with van der Waals surface area (Å²) in [5, 5.41) is 20.9. The molecule has 0 amide bonds. The van der Waals surface area contributed by atoms with E-state index in [9.17, 15) is 4.79 Å². The van der Waals surface area contributed by atoms with Crippen LogP contribution in [0.25, 0.3) is 5.69 Å². The van der Waals surface area contributed by atoms with Gasteiger partial charge in [0.25, 0.3) is 0 Å². The first-order chi connectivity index (χ1) is 9.24. The van der Waals surface area contributed by atoms with Gasteiger partial charge in [-0.25, -0.2) is 4.79 Å². The highest BCUT2D eigenvalue weighted by atomic mass is 16.7. The number of carboxylic acid groups (broad SMARTS) is 1. The summed E-state index contributed by atoms with van der Waals surface area (Å²) in [6.07, 6.45) is 0.805. The Balaban J connectivity index is 1.82. The fourth-order valence-electron chi connectivity index (χ4n) is 1.74. The maximum absolute atomic E-state index is 10.8. The van der Waals surface area contributed by atoms with Gasteiger partial charge in [0.05, 0.1) is 11.9 Å². The van der Waals surface area contributed by atoms with Crippen molar-refractivity contribution < 1.29 is 14.7 Å². The largest absolute Gasteiger partial charge is 0.478 e. The van der Waals surface area contributed by atoms with Crippen LogP contribution in [0.1, 0.15) is 12.1 Å². The normalized spacial score (nSPS) is 17.9. The Bertz CT molecular complexity index is 635. The molecule has 96 valence electrons. The predicted molar refractivity (Wildman–Crippen MR) is 65.0 cm³/mol. The van der Waals surface area contributed by atoms with E-state index in [2.05, 4.69) is 15.4 Å². The van der Waals surface area contributed by atoms with Crippen LogP contribution in [0.15, 0.2) is 41.7 Å². The van der Waals surface area contributed by atoms with Crippen molar-refractivity contribution in [3.63, 3.8) is 0 Å². The molecule has 2 heterocycles. The number of hydrogen-bond donors (Lipinski definition) is 1. The Kier molecular flexibility index (Phi) is 2.71. The monoisotopic (exact) mass is 258 g/mol. The lowest BCUT2D eigenvalue weighted by molar-refractivity contribution is -0.148. The van der Waals surface area contributed by atoms with E-state index in [4.69, 9.17) is 9.94 Å². The lowest BCUT2D eigenvalue weighted by atomic mass is 10.1. The summed E-state index contributed by atoms with van der Waals surface area (Å²) < 4.78 is 0. The van der Waals surface area contributed by atoms with Gasteiger partial charge in [0.2, 0.25) is 6.10 Å². The summed E-state index contributed by atoms with van der Waals surface area (Å²) in [6, 6.07) is 9.41. The SMILES string of the molecule is O=C(O)C1CC(c2cnn(-c3ccccc3)n2)=NO1. The fourth-order valence-corrected chi connectivity index (χ4v) is 1.74. The van der Waals surface area contributed by atoms with E-state index in [1.165, 1.54) is 4.80 Å². The molecule has 7 nitrogen and oxygen atoms in total. The zero-order valence-electron chi connectivity index (χ0n) is 9.80. The lowest BCUT2D eigenvalue weighted by Crippen LogP contribution is -2.20. The summed E-state index contributed by atoms with van der Waals surface area (Å²) in [6.45, 7) is 0. The topological polar surface area (TPSA) is 89.6 Å². The zero-order chi connectivity index (χ0) is 13.2. The third kappa shape index (κ3) is 2.17. The Morgan fingerprint density at radius 1 is 1.37 bits per heavy atom. The van der Waals surface area contributed by atoms with E-state index >= 15 is 0 Å². The standard InChI is InChI=1S/C12H10N4O3/c17-12(18)11-6-9(15-19-11)10-7-13-16(14-10)8-4-2-1-3-5-8/h1-5,7,11H,6H2,(H,17,18). The molecule has 7 heteroatoms. The smallest absolute Gasteiger partial charge is 0.348 e. The molecule has 1 aliphatic heterocycles. The van der Waals surface area contributed by atoms with Gasteiger partial charge >= 0.3 is 5.97 Å². The average molecular weight is 258 g/mol. The minimum absolute atomic E-state index is 0.197. The maximum Gasteiger partial charge on any atom is 0.348 e. The van der Waals surface area contributed by atoms with Crippen LogP contribution in [-0.4, -0.2) is 37.9 Å². The van der Waals surface area contributed by atoms with Crippen molar-refractivity contribution in [1.29, 1.82) is 0 Å². The van der Waals surface area contributed by atoms with Gasteiger partial charge in [-0.1, -0.05) is 23.4 Å². The van der Waals surface area contributed by atoms with Crippen molar-refractivity contribution in [1.82, 2.24) is 15.0 Å². The predicted octanol–water partition coefficient (Wildman–Crippen LogP) is 0.845. The summed E-state index contributed by atoms with van der Waals surface area (Å²) in [4.78, 5) is 17.0. The molecule has 0 fully saturated rings. The van der Waals surface area contributed by atoms with Crippen LogP contribution in [0.3, 0.4) is 0 Å². The van der Waals surface area contributed by atoms with Gasteiger partial charge in [-0.15, -0.1) is 5.10 Å². The lowest BCUT2D eigenvalue weighted by Gasteiger charge is -1.98. The molecule has 1 N–H and O–H groups in total. The molecule has 0 radical (unpaired) electrons. The van der Waals surface area contributed by atoms with Crippen LogP contribution in [0.2, 0.25) is 0 Å². The highest BCUT2D eigenvalue weighted by molar-refractivity contribution is 6.01. The molecule has 1 aromatic heterocycles. The van der Waals surface area contributed by atoms with E-state index < -0.39 is 12.1 Å². The molecule has 2 aromatic rings. The maximum atomic E-state index is 10.8. The molecule has 1 aliphatic rings. The van der Waals surface area contributed by atoms with Gasteiger partial charge in [-0.3, -0.25) is 0 Å². The van der Waals surface area contributed by atoms with E-state index in [0.717, 1.165) is 5.69 Å². The van der Waals surface area contributed by atoms with Crippen molar-refractivity contribution in [2.24, 2.45) is 5.16 Å². The number of carboxylic acids is 1. The zero-order valence-corrected chi connectivity index (χ0v) is 9.80. The number of benzene rings is 1. The Morgan fingerprint density at radius 2 is 2.16 bits per heavy atom.